The van der Waals surface area contributed by atoms with Gasteiger partial charge < -0.3 is 15.0 Å². The molecule has 0 amide bonds. The molecule has 6 nitrogen and oxygen atoms in total. The first kappa shape index (κ1) is 16.4. The van der Waals surface area contributed by atoms with Crippen molar-refractivity contribution in [3.05, 3.63) is 72.4 Å². The summed E-state index contributed by atoms with van der Waals surface area (Å²) in [6, 6.07) is 18.8. The van der Waals surface area contributed by atoms with Crippen molar-refractivity contribution in [1.29, 1.82) is 0 Å². The Morgan fingerprint density at radius 3 is 2.44 bits per heavy atom. The number of nitrogens with one attached hydrogen (secondary N) is 1. The van der Waals surface area contributed by atoms with E-state index in [-0.39, 0.29) is 5.97 Å². The molecule has 25 heavy (non-hydrogen) atoms. The van der Waals surface area contributed by atoms with Crippen molar-refractivity contribution in [2.45, 2.75) is 0 Å². The number of aromatic nitrogens is 2. The summed E-state index contributed by atoms with van der Waals surface area (Å²) in [7, 11) is 3.31. The van der Waals surface area contributed by atoms with E-state index in [2.05, 4.69) is 20.0 Å². The fraction of sp³-hybridized carbons (Fsp3) is 0.105. The highest BCUT2D eigenvalue weighted by molar-refractivity contribution is 5.89. The van der Waals surface area contributed by atoms with Crippen LogP contribution in [-0.4, -0.2) is 30.1 Å². The Morgan fingerprint density at radius 1 is 1.04 bits per heavy atom. The molecule has 2 aromatic carbocycles. The van der Waals surface area contributed by atoms with Crippen molar-refractivity contribution in [3.8, 4) is 0 Å². The fourth-order valence-corrected chi connectivity index (χ4v) is 2.32. The van der Waals surface area contributed by atoms with Crippen LogP contribution in [0.15, 0.2) is 66.9 Å². The van der Waals surface area contributed by atoms with Gasteiger partial charge >= 0.3 is 5.97 Å². The maximum absolute atomic E-state index is 11.5. The molecule has 0 radical (unpaired) electrons. The van der Waals surface area contributed by atoms with Gasteiger partial charge in [-0.1, -0.05) is 18.2 Å². The molecule has 0 aliphatic carbocycles. The summed E-state index contributed by atoms with van der Waals surface area (Å²) in [6.45, 7) is 0. The third-order valence-corrected chi connectivity index (χ3v) is 3.69. The van der Waals surface area contributed by atoms with Crippen LogP contribution in [0.4, 0.5) is 23.1 Å². The van der Waals surface area contributed by atoms with Gasteiger partial charge in [-0.05, 0) is 42.5 Å². The molecule has 1 heterocycles. The van der Waals surface area contributed by atoms with Gasteiger partial charge in [-0.2, -0.15) is 4.98 Å². The van der Waals surface area contributed by atoms with Gasteiger partial charge in [0.05, 0.1) is 12.7 Å². The average molecular weight is 334 g/mol. The Bertz CT molecular complexity index is 851. The number of carbonyl (C=O) groups excluding carboxylic acids is 1. The van der Waals surface area contributed by atoms with Crippen molar-refractivity contribution in [2.75, 3.05) is 24.4 Å². The third-order valence-electron chi connectivity index (χ3n) is 3.69. The van der Waals surface area contributed by atoms with E-state index in [1.165, 1.54) is 7.11 Å². The lowest BCUT2D eigenvalue weighted by Crippen LogP contribution is -2.12. The van der Waals surface area contributed by atoms with Gasteiger partial charge in [0.25, 0.3) is 0 Å². The topological polar surface area (TPSA) is 67.3 Å². The second kappa shape index (κ2) is 7.44. The minimum absolute atomic E-state index is 0.366. The Balaban J connectivity index is 1.77. The Labute approximate surface area is 146 Å². The van der Waals surface area contributed by atoms with Crippen LogP contribution < -0.4 is 10.2 Å². The predicted octanol–water partition coefficient (Wildman–Crippen LogP) is 3.77. The number of para-hydroxylation sites is 1. The van der Waals surface area contributed by atoms with E-state index in [0.717, 1.165) is 17.2 Å². The Kier molecular flexibility index (Phi) is 4.89. The molecule has 1 aromatic heterocycles. The number of carbonyl (C=O) groups is 1. The molecular weight excluding hydrogens is 316 g/mol. The molecule has 0 atom stereocenters. The highest BCUT2D eigenvalue weighted by Gasteiger charge is 2.08. The number of hydrogen-bond acceptors (Lipinski definition) is 6. The minimum atomic E-state index is -0.366. The summed E-state index contributed by atoms with van der Waals surface area (Å²) in [6.07, 6.45) is 1.70. The van der Waals surface area contributed by atoms with Gasteiger partial charge in [0.15, 0.2) is 0 Å². The van der Waals surface area contributed by atoms with Crippen LogP contribution in [0.25, 0.3) is 0 Å². The number of ether oxygens (including phenoxy) is 1. The number of anilines is 4. The monoisotopic (exact) mass is 334 g/mol. The molecule has 126 valence electrons. The summed E-state index contributed by atoms with van der Waals surface area (Å²) in [4.78, 5) is 22.2. The normalized spacial score (nSPS) is 10.2. The molecule has 0 bridgehead atoms. The zero-order chi connectivity index (χ0) is 17.6. The van der Waals surface area contributed by atoms with Gasteiger partial charge in [0, 0.05) is 24.6 Å². The maximum atomic E-state index is 11.5. The summed E-state index contributed by atoms with van der Waals surface area (Å²) >= 11 is 0. The Morgan fingerprint density at radius 2 is 1.76 bits per heavy atom. The van der Waals surface area contributed by atoms with Crippen molar-refractivity contribution >= 4 is 29.1 Å². The number of hydrogen-bond donors (Lipinski definition) is 1. The van der Waals surface area contributed by atoms with E-state index in [9.17, 15) is 4.79 Å². The molecule has 0 fully saturated rings. The van der Waals surface area contributed by atoms with Crippen LogP contribution >= 0.6 is 0 Å². The minimum Gasteiger partial charge on any atom is -0.465 e. The fourth-order valence-electron chi connectivity index (χ4n) is 2.32. The first-order chi connectivity index (χ1) is 12.2. The SMILES string of the molecule is COC(=O)c1ccc(Nc2nccc(N(C)c3ccccc3)n2)cc1. The van der Waals surface area contributed by atoms with Crippen molar-refractivity contribution < 1.29 is 9.53 Å². The number of nitrogens with zero attached hydrogens (tertiary/aromatic N) is 3. The molecule has 6 heteroatoms. The molecule has 0 aliphatic rings. The number of benzene rings is 2. The number of rotatable bonds is 5. The van der Waals surface area contributed by atoms with E-state index in [1.54, 1.807) is 30.5 Å². The Hall–Kier alpha value is -3.41. The lowest BCUT2D eigenvalue weighted by molar-refractivity contribution is 0.0601. The lowest BCUT2D eigenvalue weighted by Gasteiger charge is -2.18. The van der Waals surface area contributed by atoms with Crippen LogP contribution in [0.3, 0.4) is 0 Å². The predicted molar refractivity (Wildman–Crippen MR) is 97.6 cm³/mol. The van der Waals surface area contributed by atoms with Gasteiger partial charge in [-0.25, -0.2) is 9.78 Å². The molecule has 0 saturated heterocycles. The highest BCUT2D eigenvalue weighted by atomic mass is 16.5. The molecule has 0 saturated carbocycles. The summed E-state index contributed by atoms with van der Waals surface area (Å²) < 4.78 is 4.69. The zero-order valence-electron chi connectivity index (χ0n) is 14.0. The molecular formula is C19H18N4O2. The number of esters is 1. The van der Waals surface area contributed by atoms with Crippen LogP contribution in [-0.2, 0) is 4.74 Å². The molecule has 0 unspecified atom stereocenters. The van der Waals surface area contributed by atoms with Gasteiger partial charge in [0.1, 0.15) is 5.82 Å². The lowest BCUT2D eigenvalue weighted by atomic mass is 10.2. The second-order valence-electron chi connectivity index (χ2n) is 5.33. The van der Waals surface area contributed by atoms with Gasteiger partial charge in [-0.15, -0.1) is 0 Å². The maximum Gasteiger partial charge on any atom is 0.337 e. The standard InChI is InChI=1S/C19H18N4O2/c1-23(16-6-4-3-5-7-16)17-12-13-20-19(22-17)21-15-10-8-14(9-11-15)18(24)25-2/h3-13H,1-2H3,(H,20,21,22). The van der Waals surface area contributed by atoms with E-state index >= 15 is 0 Å². The molecule has 3 aromatic rings. The van der Waals surface area contributed by atoms with Crippen LogP contribution in [0.1, 0.15) is 10.4 Å². The van der Waals surface area contributed by atoms with E-state index in [0.29, 0.717) is 11.5 Å². The first-order valence-electron chi connectivity index (χ1n) is 7.74. The molecule has 0 aliphatic heterocycles. The largest absolute Gasteiger partial charge is 0.465 e. The van der Waals surface area contributed by atoms with Crippen molar-refractivity contribution in [3.63, 3.8) is 0 Å². The third kappa shape index (κ3) is 3.92. The van der Waals surface area contributed by atoms with Gasteiger partial charge in [0.2, 0.25) is 5.95 Å². The van der Waals surface area contributed by atoms with E-state index in [1.807, 2.05) is 48.3 Å². The van der Waals surface area contributed by atoms with Crippen LogP contribution in [0, 0.1) is 0 Å². The highest BCUT2D eigenvalue weighted by Crippen LogP contribution is 2.22. The van der Waals surface area contributed by atoms with E-state index < -0.39 is 0 Å². The van der Waals surface area contributed by atoms with Crippen molar-refractivity contribution in [2.24, 2.45) is 0 Å². The molecule has 3 rings (SSSR count). The van der Waals surface area contributed by atoms with Crippen LogP contribution in [0.2, 0.25) is 0 Å². The second-order valence-corrected chi connectivity index (χ2v) is 5.33. The van der Waals surface area contributed by atoms with E-state index in [4.69, 9.17) is 0 Å². The van der Waals surface area contributed by atoms with Crippen molar-refractivity contribution in [1.82, 2.24) is 9.97 Å². The summed E-state index contributed by atoms with van der Waals surface area (Å²) in [5.74, 6) is 0.885. The zero-order valence-corrected chi connectivity index (χ0v) is 14.0. The number of methoxy groups -OCH3 is 1. The average Bonchev–Trinajstić information content (AvgIpc) is 2.68. The smallest absolute Gasteiger partial charge is 0.337 e. The quantitative estimate of drug-likeness (QED) is 0.716. The molecule has 1 N–H and O–H groups in total. The summed E-state index contributed by atoms with van der Waals surface area (Å²) in [5, 5.41) is 3.13. The first-order valence-corrected chi connectivity index (χ1v) is 7.74. The van der Waals surface area contributed by atoms with Crippen LogP contribution in [0.5, 0.6) is 0 Å². The van der Waals surface area contributed by atoms with Gasteiger partial charge in [-0.3, -0.25) is 0 Å². The summed E-state index contributed by atoms with van der Waals surface area (Å²) in [5.41, 5.74) is 2.31. The molecule has 0 spiro atoms.